The fraction of sp³-hybridized carbons (Fsp3) is 0.781. The number of hydrogen-bond acceptors (Lipinski definition) is 14. The summed E-state index contributed by atoms with van der Waals surface area (Å²) in [5.74, 6) is 0.703. The van der Waals surface area contributed by atoms with Gasteiger partial charge in [-0.3, -0.25) is 4.79 Å². The molecule has 0 aromatic heterocycles. The largest absolute Gasteiger partial charge is 0.491 e. The van der Waals surface area contributed by atoms with Crippen molar-refractivity contribution >= 4 is 6.29 Å². The summed E-state index contributed by atoms with van der Waals surface area (Å²) in [5.41, 5.74) is 0.618. The predicted octanol–water partition coefficient (Wildman–Crippen LogP) is 1.71. The second kappa shape index (κ2) is 36.1. The van der Waals surface area contributed by atoms with E-state index in [0.29, 0.717) is 170 Å². The molecule has 14 nitrogen and oxygen atoms in total. The van der Waals surface area contributed by atoms with Gasteiger partial charge in [0.1, 0.15) is 18.6 Å². The Morgan fingerprint density at radius 2 is 0.609 bits per heavy atom. The van der Waals surface area contributed by atoms with E-state index in [1.165, 1.54) is 0 Å². The first-order valence-electron chi connectivity index (χ1n) is 15.9. The topological polar surface area (TPSA) is 137 Å². The molecule has 0 aliphatic rings. The van der Waals surface area contributed by atoms with Crippen LogP contribution in [0.25, 0.3) is 0 Å². The van der Waals surface area contributed by atoms with Crippen molar-refractivity contribution in [3.63, 3.8) is 0 Å². The molecule has 0 amide bonds. The van der Waals surface area contributed by atoms with E-state index in [0.717, 1.165) is 6.29 Å². The van der Waals surface area contributed by atoms with Crippen molar-refractivity contribution in [3.8, 4) is 5.75 Å². The van der Waals surface area contributed by atoms with Crippen molar-refractivity contribution in [2.45, 2.75) is 0 Å². The summed E-state index contributed by atoms with van der Waals surface area (Å²) >= 11 is 0. The molecule has 0 saturated carbocycles. The molecule has 1 aromatic carbocycles. The highest BCUT2D eigenvalue weighted by molar-refractivity contribution is 5.74. The van der Waals surface area contributed by atoms with Crippen LogP contribution in [0.3, 0.4) is 0 Å². The van der Waals surface area contributed by atoms with E-state index in [4.69, 9.17) is 61.6 Å². The van der Waals surface area contributed by atoms with Gasteiger partial charge in [0, 0.05) is 12.7 Å². The lowest BCUT2D eigenvalue weighted by Crippen LogP contribution is -2.15. The van der Waals surface area contributed by atoms with Gasteiger partial charge in [-0.1, -0.05) is 0 Å². The molecule has 14 heteroatoms. The smallest absolute Gasteiger partial charge is 0.150 e. The monoisotopic (exact) mass is 664 g/mol. The predicted molar refractivity (Wildman–Crippen MR) is 168 cm³/mol. The van der Waals surface area contributed by atoms with E-state index in [-0.39, 0.29) is 0 Å². The fourth-order valence-corrected chi connectivity index (χ4v) is 3.30. The van der Waals surface area contributed by atoms with Gasteiger partial charge in [0.05, 0.1) is 152 Å². The van der Waals surface area contributed by atoms with Gasteiger partial charge in [-0.05, 0) is 24.3 Å². The zero-order valence-electron chi connectivity index (χ0n) is 27.6. The molecule has 0 aliphatic carbocycles. The first-order chi connectivity index (χ1) is 22.9. The molecule has 0 bridgehead atoms. The third-order valence-corrected chi connectivity index (χ3v) is 5.66. The SMILES string of the molecule is COCCOCCOCCOCCOCCOCCOCCOCCOCCOCCOCCOCCOc1ccc(C=O)cc1. The molecule has 0 radical (unpaired) electrons. The quantitative estimate of drug-likeness (QED) is 0.0749. The highest BCUT2D eigenvalue weighted by Crippen LogP contribution is 2.10. The molecule has 0 spiro atoms. The lowest BCUT2D eigenvalue weighted by atomic mass is 10.2. The number of benzene rings is 1. The average molecular weight is 665 g/mol. The molecule has 0 saturated heterocycles. The Bertz CT molecular complexity index is 740. The maximum absolute atomic E-state index is 10.6. The zero-order chi connectivity index (χ0) is 32.9. The molecule has 0 N–H and O–H groups in total. The Morgan fingerprint density at radius 1 is 0.370 bits per heavy atom. The van der Waals surface area contributed by atoms with Gasteiger partial charge in [0.15, 0.2) is 0 Å². The van der Waals surface area contributed by atoms with Gasteiger partial charge in [0.25, 0.3) is 0 Å². The average Bonchev–Trinajstić information content (AvgIpc) is 3.08. The zero-order valence-corrected chi connectivity index (χ0v) is 27.6. The van der Waals surface area contributed by atoms with Crippen molar-refractivity contribution in [3.05, 3.63) is 29.8 Å². The summed E-state index contributed by atoms with van der Waals surface area (Å²) < 4.78 is 70.3. The van der Waals surface area contributed by atoms with Crippen LogP contribution in [0.5, 0.6) is 5.75 Å². The van der Waals surface area contributed by atoms with Gasteiger partial charge in [-0.2, -0.15) is 0 Å². The van der Waals surface area contributed by atoms with E-state index in [2.05, 4.69) is 0 Å². The summed E-state index contributed by atoms with van der Waals surface area (Å²) in [6, 6.07) is 6.93. The molecular formula is C32H56O14. The van der Waals surface area contributed by atoms with Gasteiger partial charge in [-0.25, -0.2) is 0 Å². The highest BCUT2D eigenvalue weighted by atomic mass is 16.6. The van der Waals surface area contributed by atoms with E-state index >= 15 is 0 Å². The molecule has 0 atom stereocenters. The number of carbonyl (C=O) groups excluding carboxylic acids is 1. The lowest BCUT2D eigenvalue weighted by molar-refractivity contribution is -0.0282. The maximum Gasteiger partial charge on any atom is 0.150 e. The number of methoxy groups -OCH3 is 1. The first kappa shape index (κ1) is 42.2. The molecule has 0 unspecified atom stereocenters. The normalized spacial score (nSPS) is 11.3. The van der Waals surface area contributed by atoms with Crippen LogP contribution < -0.4 is 4.74 Å². The van der Waals surface area contributed by atoms with Crippen LogP contribution in [0, 0.1) is 0 Å². The minimum Gasteiger partial charge on any atom is -0.491 e. The summed E-state index contributed by atoms with van der Waals surface area (Å²) in [4.78, 5) is 10.6. The summed E-state index contributed by atoms with van der Waals surface area (Å²) in [6.07, 6.45) is 0.798. The third kappa shape index (κ3) is 30.8. The molecule has 0 fully saturated rings. The van der Waals surface area contributed by atoms with Gasteiger partial charge >= 0.3 is 0 Å². The first-order valence-corrected chi connectivity index (χ1v) is 15.9. The van der Waals surface area contributed by atoms with Crippen molar-refractivity contribution in [1.82, 2.24) is 0 Å². The molecule has 268 valence electrons. The Balaban J connectivity index is 1.63. The lowest BCUT2D eigenvalue weighted by Gasteiger charge is -2.09. The molecule has 0 aliphatic heterocycles. The Hall–Kier alpha value is -1.79. The number of hydrogen-bond donors (Lipinski definition) is 0. The summed E-state index contributed by atoms with van der Waals surface area (Å²) in [7, 11) is 1.64. The highest BCUT2D eigenvalue weighted by Gasteiger charge is 1.98. The standard InChI is InChI=1S/C32H56O14/c1-34-6-7-35-8-9-36-10-11-37-12-13-38-14-15-39-16-17-40-18-19-41-20-21-42-22-23-43-24-25-44-26-27-45-28-29-46-32-4-2-31(30-33)3-5-32/h2-5,30H,6-29H2,1H3. The molecule has 46 heavy (non-hydrogen) atoms. The Kier molecular flexibility index (Phi) is 33.1. The van der Waals surface area contributed by atoms with Crippen molar-refractivity contribution in [1.29, 1.82) is 0 Å². The fourth-order valence-electron chi connectivity index (χ4n) is 3.30. The van der Waals surface area contributed by atoms with Crippen molar-refractivity contribution < 1.29 is 66.4 Å². The maximum atomic E-state index is 10.6. The Morgan fingerprint density at radius 3 is 0.848 bits per heavy atom. The van der Waals surface area contributed by atoms with Crippen LogP contribution in [-0.2, 0) is 56.8 Å². The van der Waals surface area contributed by atoms with E-state index in [1.807, 2.05) is 0 Å². The molecule has 1 aromatic rings. The number of aldehydes is 1. The molecule has 1 rings (SSSR count). The van der Waals surface area contributed by atoms with Crippen LogP contribution in [0.2, 0.25) is 0 Å². The van der Waals surface area contributed by atoms with E-state index in [1.54, 1.807) is 31.4 Å². The van der Waals surface area contributed by atoms with E-state index < -0.39 is 0 Å². The van der Waals surface area contributed by atoms with Crippen LogP contribution >= 0.6 is 0 Å². The summed E-state index contributed by atoms with van der Waals surface area (Å²) in [5, 5.41) is 0. The van der Waals surface area contributed by atoms with Crippen LogP contribution in [0.4, 0.5) is 0 Å². The Labute approximate surface area is 274 Å². The summed E-state index contributed by atoms with van der Waals surface area (Å²) in [6.45, 7) is 12.2. The number of rotatable bonds is 38. The van der Waals surface area contributed by atoms with Crippen LogP contribution in [0.1, 0.15) is 10.4 Å². The van der Waals surface area contributed by atoms with Gasteiger partial charge in [-0.15, -0.1) is 0 Å². The van der Waals surface area contributed by atoms with Crippen LogP contribution in [-0.4, -0.2) is 172 Å². The molecular weight excluding hydrogens is 608 g/mol. The number of carbonyl (C=O) groups is 1. The molecule has 0 heterocycles. The van der Waals surface area contributed by atoms with Gasteiger partial charge in [0.2, 0.25) is 0 Å². The minimum absolute atomic E-state index is 0.430. The van der Waals surface area contributed by atoms with Crippen molar-refractivity contribution in [2.75, 3.05) is 166 Å². The van der Waals surface area contributed by atoms with Crippen molar-refractivity contribution in [2.24, 2.45) is 0 Å². The van der Waals surface area contributed by atoms with Gasteiger partial charge < -0.3 is 61.6 Å². The van der Waals surface area contributed by atoms with Crippen LogP contribution in [0.15, 0.2) is 24.3 Å². The second-order valence-electron chi connectivity index (χ2n) is 9.26. The van der Waals surface area contributed by atoms with E-state index in [9.17, 15) is 4.79 Å². The third-order valence-electron chi connectivity index (χ3n) is 5.66. The minimum atomic E-state index is 0.430. The number of ether oxygens (including phenoxy) is 13. The second-order valence-corrected chi connectivity index (χ2v) is 9.26.